The predicted octanol–water partition coefficient (Wildman–Crippen LogP) is 2.86. The van der Waals surface area contributed by atoms with E-state index in [9.17, 15) is 9.59 Å². The van der Waals surface area contributed by atoms with Crippen molar-refractivity contribution >= 4 is 28.5 Å². The second-order valence-corrected chi connectivity index (χ2v) is 7.27. The molecule has 2 amide bonds. The van der Waals surface area contributed by atoms with Crippen molar-refractivity contribution in [3.8, 4) is 11.3 Å². The van der Waals surface area contributed by atoms with Gasteiger partial charge in [0.15, 0.2) is 0 Å². The van der Waals surface area contributed by atoms with Gasteiger partial charge in [-0.1, -0.05) is 24.3 Å². The van der Waals surface area contributed by atoms with Crippen molar-refractivity contribution in [2.45, 2.75) is 25.8 Å². The summed E-state index contributed by atoms with van der Waals surface area (Å²) in [5.74, 6) is 0.850. The Labute approximate surface area is 169 Å². The third-order valence-electron chi connectivity index (χ3n) is 5.28. The number of benzene rings is 1. The number of amides is 2. The number of hydrogen-bond acceptors (Lipinski definition) is 3. The first-order chi connectivity index (χ1) is 14.1. The van der Waals surface area contributed by atoms with E-state index in [-0.39, 0.29) is 11.8 Å². The average molecular weight is 391 g/mol. The van der Waals surface area contributed by atoms with Gasteiger partial charge in [0.2, 0.25) is 11.8 Å². The molecule has 1 N–H and O–H groups in total. The molecule has 4 rings (SSSR count). The summed E-state index contributed by atoms with van der Waals surface area (Å²) in [6.07, 6.45) is 5.13. The van der Waals surface area contributed by atoms with Gasteiger partial charge in [0.05, 0.1) is 12.2 Å². The Morgan fingerprint density at radius 1 is 1.34 bits per heavy atom. The second kappa shape index (κ2) is 7.95. The van der Waals surface area contributed by atoms with Crippen molar-refractivity contribution in [2.24, 2.45) is 7.05 Å². The van der Waals surface area contributed by atoms with Gasteiger partial charge in [-0.25, -0.2) is 4.68 Å². The van der Waals surface area contributed by atoms with Gasteiger partial charge in [-0.2, -0.15) is 5.10 Å². The quantitative estimate of drug-likeness (QED) is 0.630. The van der Waals surface area contributed by atoms with Crippen molar-refractivity contribution < 1.29 is 9.59 Å². The van der Waals surface area contributed by atoms with Crippen LogP contribution in [0.15, 0.2) is 49.2 Å². The number of carbonyl (C=O) groups is 2. The molecule has 0 saturated heterocycles. The molecule has 150 valence electrons. The lowest BCUT2D eigenvalue weighted by molar-refractivity contribution is -0.122. The molecule has 1 aromatic carbocycles. The Morgan fingerprint density at radius 3 is 3.00 bits per heavy atom. The summed E-state index contributed by atoms with van der Waals surface area (Å²) in [4.78, 5) is 26.1. The standard InChI is InChI=1S/C22H25N5O2/c1-3-11-23-20(28)9-6-12-26-21-14-18(24-27(21)13-10-22(26)29)17-15-25(2)19-8-5-4-7-16(17)19/h3-5,7-8,14-15H,1,6,9-13H2,2H3,(H,23,28). The largest absolute Gasteiger partial charge is 0.353 e. The summed E-state index contributed by atoms with van der Waals surface area (Å²) in [7, 11) is 2.02. The highest BCUT2D eigenvalue weighted by atomic mass is 16.2. The van der Waals surface area contributed by atoms with Crippen molar-refractivity contribution in [1.82, 2.24) is 19.7 Å². The molecule has 0 bridgehead atoms. The maximum Gasteiger partial charge on any atom is 0.229 e. The molecule has 7 heteroatoms. The molecule has 0 atom stereocenters. The van der Waals surface area contributed by atoms with Crippen LogP contribution >= 0.6 is 0 Å². The van der Waals surface area contributed by atoms with Crippen LogP contribution in [0.25, 0.3) is 22.2 Å². The zero-order chi connectivity index (χ0) is 20.4. The molecule has 0 fully saturated rings. The molecule has 0 saturated carbocycles. The van der Waals surface area contributed by atoms with Crippen LogP contribution in [-0.2, 0) is 23.2 Å². The molecule has 0 aliphatic carbocycles. The minimum Gasteiger partial charge on any atom is -0.353 e. The zero-order valence-electron chi connectivity index (χ0n) is 16.6. The number of carbonyl (C=O) groups excluding carboxylic acids is 2. The van der Waals surface area contributed by atoms with E-state index in [0.29, 0.717) is 38.9 Å². The third kappa shape index (κ3) is 3.68. The molecule has 1 aliphatic heterocycles. The van der Waals surface area contributed by atoms with Crippen LogP contribution in [-0.4, -0.2) is 39.3 Å². The Hall–Kier alpha value is -3.35. The van der Waals surface area contributed by atoms with Gasteiger partial charge in [0.1, 0.15) is 5.82 Å². The van der Waals surface area contributed by atoms with Crippen LogP contribution in [0.4, 0.5) is 5.82 Å². The molecule has 3 aromatic rings. The van der Waals surface area contributed by atoms with Crippen LogP contribution < -0.4 is 10.2 Å². The van der Waals surface area contributed by atoms with Gasteiger partial charge in [0.25, 0.3) is 0 Å². The van der Waals surface area contributed by atoms with Crippen LogP contribution in [0.3, 0.4) is 0 Å². The predicted molar refractivity (Wildman–Crippen MR) is 114 cm³/mol. The van der Waals surface area contributed by atoms with Crippen molar-refractivity contribution in [2.75, 3.05) is 18.0 Å². The number of hydrogen-bond donors (Lipinski definition) is 1. The van der Waals surface area contributed by atoms with Crippen molar-refractivity contribution in [1.29, 1.82) is 0 Å². The number of nitrogens with one attached hydrogen (secondary N) is 1. The summed E-state index contributed by atoms with van der Waals surface area (Å²) < 4.78 is 3.99. The Bertz CT molecular complexity index is 1080. The third-order valence-corrected chi connectivity index (χ3v) is 5.28. The lowest BCUT2D eigenvalue weighted by Gasteiger charge is -2.27. The maximum atomic E-state index is 12.5. The molecule has 29 heavy (non-hydrogen) atoms. The Kier molecular flexibility index (Phi) is 5.20. The van der Waals surface area contributed by atoms with Gasteiger partial charge in [-0.15, -0.1) is 6.58 Å². The molecule has 0 radical (unpaired) electrons. The molecule has 0 spiro atoms. The summed E-state index contributed by atoms with van der Waals surface area (Å²) in [6, 6.07) is 10.2. The fourth-order valence-corrected chi connectivity index (χ4v) is 3.84. The SMILES string of the molecule is C=CCNC(=O)CCCN1C(=O)CCn2nc(-c3cn(C)c4ccccc34)cc21. The maximum absolute atomic E-state index is 12.5. The monoisotopic (exact) mass is 391 g/mol. The summed E-state index contributed by atoms with van der Waals surface area (Å²) in [5, 5.41) is 8.68. The lowest BCUT2D eigenvalue weighted by atomic mass is 10.1. The number of anilines is 1. The van der Waals surface area contributed by atoms with Gasteiger partial charge < -0.3 is 9.88 Å². The van der Waals surface area contributed by atoms with Crippen LogP contribution in [0.2, 0.25) is 0 Å². The van der Waals surface area contributed by atoms with Crippen LogP contribution in [0.1, 0.15) is 19.3 Å². The lowest BCUT2D eigenvalue weighted by Crippen LogP contribution is -2.38. The fraction of sp³-hybridized carbons (Fsp3) is 0.318. The summed E-state index contributed by atoms with van der Waals surface area (Å²) in [5.41, 5.74) is 3.06. The molecule has 0 unspecified atom stereocenters. The first-order valence-electron chi connectivity index (χ1n) is 9.88. The smallest absolute Gasteiger partial charge is 0.229 e. The highest BCUT2D eigenvalue weighted by molar-refractivity contribution is 5.98. The first-order valence-corrected chi connectivity index (χ1v) is 9.88. The van der Waals surface area contributed by atoms with E-state index in [1.54, 1.807) is 11.0 Å². The molecule has 1 aliphatic rings. The summed E-state index contributed by atoms with van der Waals surface area (Å²) in [6.45, 7) is 5.13. The number of nitrogens with zero attached hydrogens (tertiary/aromatic N) is 4. The van der Waals surface area contributed by atoms with E-state index in [0.717, 1.165) is 28.0 Å². The molecular weight excluding hydrogens is 366 g/mol. The highest BCUT2D eigenvalue weighted by Gasteiger charge is 2.27. The second-order valence-electron chi connectivity index (χ2n) is 7.27. The average Bonchev–Trinajstić information content (AvgIpc) is 3.30. The molecule has 3 heterocycles. The number of para-hydroxylation sites is 1. The van der Waals surface area contributed by atoms with Crippen LogP contribution in [0, 0.1) is 0 Å². The number of fused-ring (bicyclic) bond motifs is 2. The van der Waals surface area contributed by atoms with Crippen LogP contribution in [0.5, 0.6) is 0 Å². The van der Waals surface area contributed by atoms with Gasteiger partial charge >= 0.3 is 0 Å². The molecule has 7 nitrogen and oxygen atoms in total. The highest BCUT2D eigenvalue weighted by Crippen LogP contribution is 2.33. The summed E-state index contributed by atoms with van der Waals surface area (Å²) >= 11 is 0. The molecular formula is C22H25N5O2. The van der Waals surface area contributed by atoms with Gasteiger partial charge in [-0.05, 0) is 12.5 Å². The van der Waals surface area contributed by atoms with Crippen molar-refractivity contribution in [3.05, 3.63) is 49.2 Å². The van der Waals surface area contributed by atoms with Crippen molar-refractivity contribution in [3.63, 3.8) is 0 Å². The van der Waals surface area contributed by atoms with E-state index in [1.165, 1.54) is 0 Å². The van der Waals surface area contributed by atoms with E-state index in [4.69, 9.17) is 5.10 Å². The fourth-order valence-electron chi connectivity index (χ4n) is 3.84. The van der Waals surface area contributed by atoms with E-state index in [1.807, 2.05) is 29.9 Å². The molecule has 2 aromatic heterocycles. The number of rotatable bonds is 7. The number of aryl methyl sites for hydroxylation is 2. The minimum absolute atomic E-state index is 0.0284. The Morgan fingerprint density at radius 2 is 2.17 bits per heavy atom. The number of aromatic nitrogens is 3. The van der Waals surface area contributed by atoms with Gasteiger partial charge in [0, 0.05) is 61.7 Å². The topological polar surface area (TPSA) is 72.2 Å². The van der Waals surface area contributed by atoms with Gasteiger partial charge in [-0.3, -0.25) is 14.5 Å². The zero-order valence-corrected chi connectivity index (χ0v) is 16.6. The first kappa shape index (κ1) is 19.0. The Balaban J connectivity index is 1.56. The van der Waals surface area contributed by atoms with E-state index < -0.39 is 0 Å². The normalized spacial score (nSPS) is 13.6. The van der Waals surface area contributed by atoms with E-state index in [2.05, 4.69) is 34.8 Å². The minimum atomic E-state index is -0.0284. The van der Waals surface area contributed by atoms with E-state index >= 15 is 0 Å².